The third-order valence-corrected chi connectivity index (χ3v) is 4.12. The Morgan fingerprint density at radius 1 is 1.40 bits per heavy atom. The van der Waals surface area contributed by atoms with Crippen LogP contribution >= 0.6 is 11.8 Å². The van der Waals surface area contributed by atoms with Crippen molar-refractivity contribution < 1.29 is 13.2 Å². The third kappa shape index (κ3) is 4.90. The molecule has 1 aromatic carbocycles. The molecular formula is C14H19F3N2S. The number of anilines is 1. The first kappa shape index (κ1) is 15.5. The maximum absolute atomic E-state index is 12.5. The molecule has 0 saturated carbocycles. The Morgan fingerprint density at radius 2 is 2.15 bits per heavy atom. The Kier molecular flexibility index (Phi) is 5.21. The lowest BCUT2D eigenvalue weighted by Gasteiger charge is -2.21. The smallest absolute Gasteiger partial charge is 0.382 e. The molecule has 1 aliphatic rings. The van der Waals surface area contributed by atoms with Crippen LogP contribution in [0.4, 0.5) is 18.9 Å². The fourth-order valence-corrected chi connectivity index (χ4v) is 3.14. The molecule has 0 bridgehead atoms. The normalized spacial score (nSPS) is 20.9. The number of para-hydroxylation sites is 1. The highest BCUT2D eigenvalue weighted by Crippen LogP contribution is 2.40. The van der Waals surface area contributed by atoms with E-state index in [2.05, 4.69) is 10.6 Å². The number of benzene rings is 1. The molecule has 1 heterocycles. The minimum absolute atomic E-state index is 0.0660. The molecule has 2 N–H and O–H groups in total. The summed E-state index contributed by atoms with van der Waals surface area (Å²) in [7, 11) is 0. The summed E-state index contributed by atoms with van der Waals surface area (Å²) >= 11 is -0.0660. The van der Waals surface area contributed by atoms with Gasteiger partial charge in [-0.1, -0.05) is 12.1 Å². The monoisotopic (exact) mass is 304 g/mol. The van der Waals surface area contributed by atoms with Crippen molar-refractivity contribution >= 4 is 17.4 Å². The van der Waals surface area contributed by atoms with Crippen molar-refractivity contribution in [2.24, 2.45) is 0 Å². The fourth-order valence-electron chi connectivity index (χ4n) is 2.51. The van der Waals surface area contributed by atoms with Gasteiger partial charge >= 0.3 is 5.51 Å². The summed E-state index contributed by atoms with van der Waals surface area (Å²) in [4.78, 5) is 0.228. The molecule has 2 rings (SSSR count). The average Bonchev–Trinajstić information content (AvgIpc) is 2.82. The molecule has 20 heavy (non-hydrogen) atoms. The Balaban J connectivity index is 1.97. The minimum Gasteiger partial charge on any atom is -0.382 e. The van der Waals surface area contributed by atoms with E-state index in [0.29, 0.717) is 11.7 Å². The first-order valence-electron chi connectivity index (χ1n) is 6.79. The van der Waals surface area contributed by atoms with E-state index in [1.165, 1.54) is 12.5 Å². The van der Waals surface area contributed by atoms with Crippen molar-refractivity contribution in [1.29, 1.82) is 0 Å². The molecule has 1 aliphatic heterocycles. The summed E-state index contributed by atoms with van der Waals surface area (Å²) in [5.74, 6) is 0. The number of alkyl halides is 3. The predicted molar refractivity (Wildman–Crippen MR) is 77.1 cm³/mol. The first-order chi connectivity index (χ1) is 9.44. The van der Waals surface area contributed by atoms with E-state index in [-0.39, 0.29) is 22.7 Å². The molecular weight excluding hydrogens is 285 g/mol. The van der Waals surface area contributed by atoms with Gasteiger partial charge in [-0.25, -0.2) is 0 Å². The molecule has 0 spiro atoms. The van der Waals surface area contributed by atoms with Crippen LogP contribution in [0.15, 0.2) is 29.2 Å². The largest absolute Gasteiger partial charge is 0.446 e. The third-order valence-electron chi connectivity index (χ3n) is 3.32. The summed E-state index contributed by atoms with van der Waals surface area (Å²) < 4.78 is 37.5. The molecule has 1 aromatic rings. The van der Waals surface area contributed by atoms with Gasteiger partial charge in [0, 0.05) is 22.7 Å². The summed E-state index contributed by atoms with van der Waals surface area (Å²) in [6.07, 6.45) is 3.24. The van der Waals surface area contributed by atoms with E-state index >= 15 is 0 Å². The van der Waals surface area contributed by atoms with Crippen LogP contribution in [-0.2, 0) is 0 Å². The van der Waals surface area contributed by atoms with Gasteiger partial charge in [0.1, 0.15) is 0 Å². The second kappa shape index (κ2) is 6.72. The van der Waals surface area contributed by atoms with Gasteiger partial charge in [-0.2, -0.15) is 13.2 Å². The Hall–Kier alpha value is -0.880. The zero-order chi connectivity index (χ0) is 14.6. The summed E-state index contributed by atoms with van der Waals surface area (Å²) in [6, 6.07) is 7.19. The quantitative estimate of drug-likeness (QED) is 0.796. The van der Waals surface area contributed by atoms with Crippen LogP contribution in [0, 0.1) is 0 Å². The van der Waals surface area contributed by atoms with Gasteiger partial charge in [-0.05, 0) is 56.6 Å². The van der Waals surface area contributed by atoms with Crippen LogP contribution in [0.2, 0.25) is 0 Å². The molecule has 112 valence electrons. The van der Waals surface area contributed by atoms with Crippen LogP contribution in [0.1, 0.15) is 26.2 Å². The number of nitrogens with one attached hydrogen (secondary N) is 2. The van der Waals surface area contributed by atoms with Gasteiger partial charge < -0.3 is 10.6 Å². The Morgan fingerprint density at radius 3 is 2.80 bits per heavy atom. The van der Waals surface area contributed by atoms with E-state index in [9.17, 15) is 13.2 Å². The van der Waals surface area contributed by atoms with Crippen molar-refractivity contribution in [2.75, 3.05) is 11.9 Å². The number of hydrogen-bond acceptors (Lipinski definition) is 3. The second-order valence-corrected chi connectivity index (χ2v) is 6.23. The number of hydrogen-bond donors (Lipinski definition) is 2. The fraction of sp³-hybridized carbons (Fsp3) is 0.571. The van der Waals surface area contributed by atoms with E-state index in [1.54, 1.807) is 18.2 Å². The zero-order valence-electron chi connectivity index (χ0n) is 11.3. The van der Waals surface area contributed by atoms with Gasteiger partial charge in [-0.15, -0.1) is 0 Å². The average molecular weight is 304 g/mol. The summed E-state index contributed by atoms with van der Waals surface area (Å²) in [6.45, 7) is 3.05. The zero-order valence-corrected chi connectivity index (χ0v) is 12.2. The topological polar surface area (TPSA) is 24.1 Å². The van der Waals surface area contributed by atoms with Crippen molar-refractivity contribution in [3.05, 3.63) is 24.3 Å². The lowest BCUT2D eigenvalue weighted by atomic mass is 10.1. The highest BCUT2D eigenvalue weighted by molar-refractivity contribution is 8.00. The highest BCUT2D eigenvalue weighted by Gasteiger charge is 2.30. The lowest BCUT2D eigenvalue weighted by Crippen LogP contribution is -2.29. The van der Waals surface area contributed by atoms with E-state index in [0.717, 1.165) is 19.4 Å². The van der Waals surface area contributed by atoms with Crippen LogP contribution in [0.25, 0.3) is 0 Å². The number of thioether (sulfide) groups is 1. The summed E-state index contributed by atoms with van der Waals surface area (Å²) in [5.41, 5.74) is -3.70. The second-order valence-electron chi connectivity index (χ2n) is 5.12. The number of halogens is 3. The first-order valence-corrected chi connectivity index (χ1v) is 7.60. The van der Waals surface area contributed by atoms with E-state index < -0.39 is 5.51 Å². The summed E-state index contributed by atoms with van der Waals surface area (Å²) in [5, 5.41) is 6.60. The molecule has 0 amide bonds. The van der Waals surface area contributed by atoms with Crippen LogP contribution < -0.4 is 10.6 Å². The molecule has 6 heteroatoms. The molecule has 0 radical (unpaired) electrons. The predicted octanol–water partition coefficient (Wildman–Crippen LogP) is 4.24. The highest BCUT2D eigenvalue weighted by atomic mass is 32.2. The SMILES string of the molecule is CC(CC1CCCN1)Nc1ccccc1SC(F)(F)F. The molecule has 0 aromatic heterocycles. The van der Waals surface area contributed by atoms with Gasteiger partial charge in [0.05, 0.1) is 0 Å². The molecule has 1 fully saturated rings. The standard InChI is InChI=1S/C14H19F3N2S/c1-10(9-11-5-4-8-18-11)19-12-6-2-3-7-13(12)20-14(15,16)17/h2-3,6-7,10-11,18-19H,4-5,8-9H2,1H3. The van der Waals surface area contributed by atoms with Crippen molar-refractivity contribution in [3.63, 3.8) is 0 Å². The van der Waals surface area contributed by atoms with Gasteiger partial charge in [0.15, 0.2) is 0 Å². The molecule has 2 nitrogen and oxygen atoms in total. The van der Waals surface area contributed by atoms with E-state index in [1.807, 2.05) is 6.92 Å². The minimum atomic E-state index is -4.26. The Labute approximate surface area is 121 Å². The molecule has 1 saturated heterocycles. The van der Waals surface area contributed by atoms with Crippen LogP contribution in [0.5, 0.6) is 0 Å². The van der Waals surface area contributed by atoms with E-state index in [4.69, 9.17) is 0 Å². The molecule has 0 aliphatic carbocycles. The van der Waals surface area contributed by atoms with Gasteiger partial charge in [0.2, 0.25) is 0 Å². The maximum Gasteiger partial charge on any atom is 0.446 e. The van der Waals surface area contributed by atoms with Gasteiger partial charge in [0.25, 0.3) is 0 Å². The molecule has 2 unspecified atom stereocenters. The van der Waals surface area contributed by atoms with Crippen LogP contribution in [-0.4, -0.2) is 24.1 Å². The van der Waals surface area contributed by atoms with Crippen molar-refractivity contribution in [3.8, 4) is 0 Å². The lowest BCUT2D eigenvalue weighted by molar-refractivity contribution is -0.0327. The Bertz CT molecular complexity index is 431. The van der Waals surface area contributed by atoms with Gasteiger partial charge in [-0.3, -0.25) is 0 Å². The maximum atomic E-state index is 12.5. The van der Waals surface area contributed by atoms with Crippen LogP contribution in [0.3, 0.4) is 0 Å². The number of rotatable bonds is 5. The van der Waals surface area contributed by atoms with Crippen molar-refractivity contribution in [2.45, 2.75) is 48.7 Å². The van der Waals surface area contributed by atoms with Crippen molar-refractivity contribution in [1.82, 2.24) is 5.32 Å². The molecule has 2 atom stereocenters.